The lowest BCUT2D eigenvalue weighted by Crippen LogP contribution is -2.22. The van der Waals surface area contributed by atoms with Gasteiger partial charge in [-0.1, -0.05) is 24.6 Å². The smallest absolute Gasteiger partial charge is 0.287 e. The van der Waals surface area contributed by atoms with Crippen molar-refractivity contribution in [1.29, 1.82) is 0 Å². The van der Waals surface area contributed by atoms with Crippen molar-refractivity contribution in [2.45, 2.75) is 19.4 Å². The van der Waals surface area contributed by atoms with Gasteiger partial charge in [0.05, 0.1) is 17.9 Å². The summed E-state index contributed by atoms with van der Waals surface area (Å²) in [5, 5.41) is 9.45. The molecule has 0 radical (unpaired) electrons. The monoisotopic (exact) mass is 283 g/mol. The Kier molecular flexibility index (Phi) is 4.04. The maximum atomic E-state index is 11.7. The molecule has 0 aliphatic rings. The van der Waals surface area contributed by atoms with Gasteiger partial charge in [0, 0.05) is 11.9 Å². The molecule has 4 nitrogen and oxygen atoms in total. The highest BCUT2D eigenvalue weighted by Crippen LogP contribution is 2.27. The molecule has 0 bridgehead atoms. The molecule has 6 heteroatoms. The third kappa shape index (κ3) is 2.57. The fourth-order valence-electron chi connectivity index (χ4n) is 1.66. The van der Waals surface area contributed by atoms with Crippen LogP contribution in [0.4, 0.5) is 5.69 Å². The predicted molar refractivity (Wildman–Crippen MR) is 75.5 cm³/mol. The number of halogens is 1. The number of aromatic nitrogens is 2. The lowest BCUT2D eigenvalue weighted by atomic mass is 10.2. The first kappa shape index (κ1) is 13.1. The van der Waals surface area contributed by atoms with Gasteiger partial charge in [0.25, 0.3) is 5.56 Å². The average Bonchev–Trinajstić information content (AvgIpc) is 2.89. The van der Waals surface area contributed by atoms with Crippen LogP contribution >= 0.6 is 22.9 Å². The summed E-state index contributed by atoms with van der Waals surface area (Å²) in [5.41, 5.74) is 0.294. The van der Waals surface area contributed by atoms with Gasteiger partial charge in [0.15, 0.2) is 0 Å². The lowest BCUT2D eigenvalue weighted by Gasteiger charge is -2.17. The number of aryl methyl sites for hydroxylation is 1. The van der Waals surface area contributed by atoms with Crippen LogP contribution in [0, 0.1) is 0 Å². The van der Waals surface area contributed by atoms with Gasteiger partial charge in [-0.15, -0.1) is 11.3 Å². The first-order chi connectivity index (χ1) is 8.63. The summed E-state index contributed by atoms with van der Waals surface area (Å²) < 4.78 is 1.22. The third-order valence-electron chi connectivity index (χ3n) is 2.70. The van der Waals surface area contributed by atoms with Crippen LogP contribution in [0.2, 0.25) is 5.02 Å². The molecule has 0 aliphatic heterocycles. The van der Waals surface area contributed by atoms with Crippen LogP contribution in [0.25, 0.3) is 0 Å². The summed E-state index contributed by atoms with van der Waals surface area (Å²) in [6, 6.07) is 4.22. The Morgan fingerprint density at radius 2 is 2.39 bits per heavy atom. The van der Waals surface area contributed by atoms with Crippen molar-refractivity contribution in [2.24, 2.45) is 7.05 Å². The Morgan fingerprint density at radius 1 is 1.61 bits per heavy atom. The van der Waals surface area contributed by atoms with Crippen molar-refractivity contribution in [3.05, 3.63) is 44.0 Å². The van der Waals surface area contributed by atoms with Crippen LogP contribution in [0.15, 0.2) is 28.5 Å². The van der Waals surface area contributed by atoms with Crippen molar-refractivity contribution in [2.75, 3.05) is 5.32 Å². The van der Waals surface area contributed by atoms with Gasteiger partial charge in [0.2, 0.25) is 0 Å². The van der Waals surface area contributed by atoms with Gasteiger partial charge in [-0.25, -0.2) is 4.68 Å². The highest BCUT2D eigenvalue weighted by molar-refractivity contribution is 7.10. The van der Waals surface area contributed by atoms with Gasteiger partial charge in [-0.05, 0) is 17.9 Å². The number of thiophene rings is 1. The van der Waals surface area contributed by atoms with E-state index in [-0.39, 0.29) is 16.6 Å². The number of rotatable bonds is 4. The van der Waals surface area contributed by atoms with Crippen molar-refractivity contribution < 1.29 is 0 Å². The van der Waals surface area contributed by atoms with Crippen LogP contribution in [-0.2, 0) is 7.05 Å². The van der Waals surface area contributed by atoms with E-state index in [0.717, 1.165) is 6.42 Å². The number of nitrogens with one attached hydrogen (secondary N) is 1. The van der Waals surface area contributed by atoms with Gasteiger partial charge in [0.1, 0.15) is 5.02 Å². The first-order valence-corrected chi connectivity index (χ1v) is 6.91. The summed E-state index contributed by atoms with van der Waals surface area (Å²) in [4.78, 5) is 12.9. The molecule has 2 rings (SSSR count). The molecular formula is C12H14ClN3OS. The van der Waals surface area contributed by atoms with Gasteiger partial charge >= 0.3 is 0 Å². The van der Waals surface area contributed by atoms with Crippen molar-refractivity contribution >= 4 is 28.6 Å². The third-order valence-corrected chi connectivity index (χ3v) is 4.05. The second-order valence-corrected chi connectivity index (χ2v) is 5.28. The second-order valence-electron chi connectivity index (χ2n) is 3.92. The van der Waals surface area contributed by atoms with Gasteiger partial charge in [-0.2, -0.15) is 5.10 Å². The number of hydrogen-bond acceptors (Lipinski definition) is 4. The summed E-state index contributed by atoms with van der Waals surface area (Å²) >= 11 is 7.71. The second kappa shape index (κ2) is 5.54. The molecule has 2 heterocycles. The zero-order valence-corrected chi connectivity index (χ0v) is 11.8. The highest BCUT2D eigenvalue weighted by Gasteiger charge is 2.14. The van der Waals surface area contributed by atoms with E-state index in [9.17, 15) is 4.79 Å². The number of hydrogen-bond donors (Lipinski definition) is 1. The Bertz CT molecular complexity index is 580. The summed E-state index contributed by atoms with van der Waals surface area (Å²) in [7, 11) is 1.58. The molecule has 0 saturated carbocycles. The minimum absolute atomic E-state index is 0.149. The molecule has 0 saturated heterocycles. The van der Waals surface area contributed by atoms with Crippen LogP contribution in [0.3, 0.4) is 0 Å². The fourth-order valence-corrected chi connectivity index (χ4v) is 2.75. The van der Waals surface area contributed by atoms with Gasteiger partial charge < -0.3 is 5.32 Å². The molecule has 0 aromatic carbocycles. The Balaban J connectivity index is 2.28. The molecule has 1 atom stereocenters. The van der Waals surface area contributed by atoms with Gasteiger partial charge in [-0.3, -0.25) is 4.79 Å². The predicted octanol–water partition coefficient (Wildman–Crippen LogP) is 3.06. The molecule has 2 aromatic heterocycles. The van der Waals surface area contributed by atoms with E-state index in [2.05, 4.69) is 23.4 Å². The maximum Gasteiger partial charge on any atom is 0.287 e. The van der Waals surface area contributed by atoms with E-state index >= 15 is 0 Å². The highest BCUT2D eigenvalue weighted by atomic mass is 35.5. The Labute approximate surface area is 114 Å². The van der Waals surface area contributed by atoms with E-state index in [0.29, 0.717) is 5.69 Å². The van der Waals surface area contributed by atoms with Crippen molar-refractivity contribution in [1.82, 2.24) is 9.78 Å². The standard InChI is InChI=1S/C12H14ClN3OS/c1-3-8(10-5-4-6-18-10)15-9-7-14-16(2)12(17)11(9)13/h4-8,15H,3H2,1-2H3. The number of anilines is 1. The molecule has 0 amide bonds. The van der Waals surface area contributed by atoms with Crippen LogP contribution in [0.5, 0.6) is 0 Å². The van der Waals surface area contributed by atoms with Crippen LogP contribution in [-0.4, -0.2) is 9.78 Å². The SMILES string of the molecule is CCC(Nc1cnn(C)c(=O)c1Cl)c1cccs1. The molecule has 0 aliphatic carbocycles. The zero-order valence-electron chi connectivity index (χ0n) is 10.2. The Hall–Kier alpha value is -1.33. The topological polar surface area (TPSA) is 46.9 Å². The average molecular weight is 284 g/mol. The zero-order chi connectivity index (χ0) is 13.1. The quantitative estimate of drug-likeness (QED) is 0.938. The lowest BCUT2D eigenvalue weighted by molar-refractivity contribution is 0.702. The molecule has 0 fully saturated rings. The largest absolute Gasteiger partial charge is 0.375 e. The maximum absolute atomic E-state index is 11.7. The molecular weight excluding hydrogens is 270 g/mol. The minimum atomic E-state index is -0.289. The molecule has 18 heavy (non-hydrogen) atoms. The van der Waals surface area contributed by atoms with E-state index < -0.39 is 0 Å². The first-order valence-electron chi connectivity index (χ1n) is 5.65. The molecule has 0 spiro atoms. The minimum Gasteiger partial charge on any atom is -0.375 e. The van der Waals surface area contributed by atoms with Crippen molar-refractivity contribution in [3.8, 4) is 0 Å². The Morgan fingerprint density at radius 3 is 3.00 bits per heavy atom. The molecule has 2 aromatic rings. The van der Waals surface area contributed by atoms with E-state index in [1.54, 1.807) is 24.6 Å². The van der Waals surface area contributed by atoms with Crippen LogP contribution < -0.4 is 10.9 Å². The molecule has 1 N–H and O–H groups in total. The van der Waals surface area contributed by atoms with E-state index in [1.165, 1.54) is 9.56 Å². The normalized spacial score (nSPS) is 12.4. The number of nitrogens with zero attached hydrogens (tertiary/aromatic N) is 2. The molecule has 1 unspecified atom stereocenters. The summed E-state index contributed by atoms with van der Waals surface area (Å²) in [5.74, 6) is 0. The van der Waals surface area contributed by atoms with Crippen LogP contribution in [0.1, 0.15) is 24.3 Å². The summed E-state index contributed by atoms with van der Waals surface area (Å²) in [6.07, 6.45) is 2.49. The molecule has 96 valence electrons. The fraction of sp³-hybridized carbons (Fsp3) is 0.333. The van der Waals surface area contributed by atoms with Crippen molar-refractivity contribution in [3.63, 3.8) is 0 Å². The van der Waals surface area contributed by atoms with E-state index in [1.807, 2.05) is 11.4 Å². The summed E-state index contributed by atoms with van der Waals surface area (Å²) in [6.45, 7) is 2.08. The van der Waals surface area contributed by atoms with E-state index in [4.69, 9.17) is 11.6 Å².